The van der Waals surface area contributed by atoms with Gasteiger partial charge in [0.1, 0.15) is 0 Å². The highest BCUT2D eigenvalue weighted by Gasteiger charge is 2.35. The summed E-state index contributed by atoms with van der Waals surface area (Å²) in [6, 6.07) is 9.03. The molecule has 3 rings (SSSR count). The lowest BCUT2D eigenvalue weighted by Crippen LogP contribution is -2.26. The largest absolute Gasteiger partial charge is 0.392 e. The number of hydrogen-bond acceptors (Lipinski definition) is 3. The summed E-state index contributed by atoms with van der Waals surface area (Å²) in [4.78, 5) is 2.37. The van der Waals surface area contributed by atoms with Gasteiger partial charge in [0, 0.05) is 25.2 Å². The monoisotopic (exact) mass is 218 g/mol. The van der Waals surface area contributed by atoms with Crippen molar-refractivity contribution in [2.24, 2.45) is 5.73 Å². The van der Waals surface area contributed by atoms with Crippen LogP contribution in [0.1, 0.15) is 36.1 Å². The highest BCUT2D eigenvalue weighted by atomic mass is 16.3. The Morgan fingerprint density at radius 3 is 2.69 bits per heavy atom. The second-order valence-electron chi connectivity index (χ2n) is 4.92. The number of rotatable bonds is 1. The van der Waals surface area contributed by atoms with Crippen molar-refractivity contribution in [2.45, 2.75) is 31.0 Å². The molecule has 0 radical (unpaired) electrons. The van der Waals surface area contributed by atoms with E-state index in [4.69, 9.17) is 5.73 Å². The van der Waals surface area contributed by atoms with Crippen molar-refractivity contribution in [1.82, 2.24) is 4.90 Å². The van der Waals surface area contributed by atoms with Gasteiger partial charge in [0.2, 0.25) is 0 Å². The number of aliphatic hydroxyl groups is 1. The van der Waals surface area contributed by atoms with Gasteiger partial charge in [-0.3, -0.25) is 4.90 Å². The van der Waals surface area contributed by atoms with Crippen molar-refractivity contribution in [3.05, 3.63) is 35.4 Å². The molecular weight excluding hydrogens is 200 g/mol. The predicted octanol–water partition coefficient (Wildman–Crippen LogP) is 1.20. The van der Waals surface area contributed by atoms with Crippen LogP contribution in [-0.2, 0) is 0 Å². The molecule has 1 aliphatic heterocycles. The summed E-state index contributed by atoms with van der Waals surface area (Å²) in [5, 5.41) is 9.60. The normalized spacial score (nSPS) is 34.2. The molecule has 16 heavy (non-hydrogen) atoms. The number of likely N-dealkylation sites (tertiary alicyclic amines) is 1. The lowest BCUT2D eigenvalue weighted by Gasteiger charge is -2.24. The number of nitrogens with zero attached hydrogens (tertiary/aromatic N) is 1. The van der Waals surface area contributed by atoms with E-state index < -0.39 is 0 Å². The zero-order valence-corrected chi connectivity index (χ0v) is 9.34. The molecule has 0 aromatic heterocycles. The summed E-state index contributed by atoms with van der Waals surface area (Å²) in [6.45, 7) is 1.79. The summed E-state index contributed by atoms with van der Waals surface area (Å²) < 4.78 is 0. The molecule has 1 aromatic carbocycles. The Labute approximate surface area is 95.9 Å². The van der Waals surface area contributed by atoms with Gasteiger partial charge >= 0.3 is 0 Å². The van der Waals surface area contributed by atoms with Gasteiger partial charge < -0.3 is 10.8 Å². The van der Waals surface area contributed by atoms with Crippen LogP contribution in [-0.4, -0.2) is 29.2 Å². The molecule has 2 aliphatic rings. The summed E-state index contributed by atoms with van der Waals surface area (Å²) in [5.74, 6) is 0. The molecule has 0 bridgehead atoms. The number of fused-ring (bicyclic) bond motifs is 1. The van der Waals surface area contributed by atoms with Crippen molar-refractivity contribution in [2.75, 3.05) is 13.1 Å². The fourth-order valence-corrected chi connectivity index (χ4v) is 3.04. The van der Waals surface area contributed by atoms with E-state index in [0.29, 0.717) is 6.04 Å². The summed E-state index contributed by atoms with van der Waals surface area (Å²) in [6.07, 6.45) is 1.74. The molecule has 3 nitrogen and oxygen atoms in total. The average molecular weight is 218 g/mol. The van der Waals surface area contributed by atoms with E-state index in [1.165, 1.54) is 11.1 Å². The van der Waals surface area contributed by atoms with Crippen LogP contribution in [0.5, 0.6) is 0 Å². The Kier molecular flexibility index (Phi) is 2.46. The molecule has 3 heteroatoms. The lowest BCUT2D eigenvalue weighted by molar-refractivity contribution is 0.157. The molecular formula is C13H18N2O. The molecule has 86 valence electrons. The Balaban J connectivity index is 1.89. The van der Waals surface area contributed by atoms with E-state index >= 15 is 0 Å². The first-order valence-corrected chi connectivity index (χ1v) is 6.02. The number of hydrogen-bond donors (Lipinski definition) is 2. The minimum Gasteiger partial charge on any atom is -0.392 e. The Morgan fingerprint density at radius 1 is 1.25 bits per heavy atom. The molecule has 1 aromatic rings. The molecule has 0 amide bonds. The van der Waals surface area contributed by atoms with E-state index in [1.807, 2.05) is 0 Å². The van der Waals surface area contributed by atoms with Crippen molar-refractivity contribution >= 4 is 0 Å². The zero-order valence-electron chi connectivity index (χ0n) is 9.34. The van der Waals surface area contributed by atoms with Crippen LogP contribution < -0.4 is 5.73 Å². The van der Waals surface area contributed by atoms with Crippen LogP contribution in [0.2, 0.25) is 0 Å². The van der Waals surface area contributed by atoms with Crippen LogP contribution in [0.3, 0.4) is 0 Å². The third-order valence-corrected chi connectivity index (χ3v) is 3.87. The Morgan fingerprint density at radius 2 is 2.00 bits per heavy atom. The first-order valence-electron chi connectivity index (χ1n) is 6.02. The average Bonchev–Trinajstić information content (AvgIpc) is 2.84. The number of benzene rings is 1. The van der Waals surface area contributed by atoms with Gasteiger partial charge in [-0.15, -0.1) is 0 Å². The van der Waals surface area contributed by atoms with Gasteiger partial charge in [-0.2, -0.15) is 0 Å². The van der Waals surface area contributed by atoms with Crippen LogP contribution in [0.15, 0.2) is 24.3 Å². The van der Waals surface area contributed by atoms with Crippen LogP contribution in [0.4, 0.5) is 0 Å². The van der Waals surface area contributed by atoms with Gasteiger partial charge in [-0.05, 0) is 24.0 Å². The first-order chi connectivity index (χ1) is 7.75. The minimum atomic E-state index is -0.149. The van der Waals surface area contributed by atoms with Gasteiger partial charge in [0.15, 0.2) is 0 Å². The highest BCUT2D eigenvalue weighted by Crippen LogP contribution is 2.41. The topological polar surface area (TPSA) is 49.5 Å². The summed E-state index contributed by atoms with van der Waals surface area (Å²) >= 11 is 0. The summed E-state index contributed by atoms with van der Waals surface area (Å²) in [5.41, 5.74) is 8.80. The predicted molar refractivity (Wildman–Crippen MR) is 62.9 cm³/mol. The Bertz CT molecular complexity index is 393. The van der Waals surface area contributed by atoms with E-state index in [-0.39, 0.29) is 12.1 Å². The van der Waals surface area contributed by atoms with Gasteiger partial charge in [-0.25, -0.2) is 0 Å². The molecule has 1 aliphatic carbocycles. The second-order valence-corrected chi connectivity index (χ2v) is 4.92. The number of nitrogens with two attached hydrogens (primary N) is 1. The maximum Gasteiger partial charge on any atom is 0.0679 e. The van der Waals surface area contributed by atoms with Gasteiger partial charge in [-0.1, -0.05) is 24.3 Å². The quantitative estimate of drug-likeness (QED) is 0.744. The third kappa shape index (κ3) is 1.56. The maximum absolute atomic E-state index is 9.60. The molecule has 0 saturated carbocycles. The number of β-amino-alcohol motifs (C(OH)–C–C–N with tert-alkyl or cyclic N) is 1. The molecule has 1 saturated heterocycles. The van der Waals surface area contributed by atoms with E-state index in [2.05, 4.69) is 29.2 Å². The summed E-state index contributed by atoms with van der Waals surface area (Å²) in [7, 11) is 0. The molecule has 3 atom stereocenters. The van der Waals surface area contributed by atoms with Gasteiger partial charge in [0.25, 0.3) is 0 Å². The zero-order chi connectivity index (χ0) is 11.1. The standard InChI is InChI=1S/C13H18N2O/c14-12-7-13(15-6-5-9(16)8-15)11-4-2-1-3-10(11)12/h1-4,9,12-13,16H,5-8,14H2. The van der Waals surface area contributed by atoms with Crippen molar-refractivity contribution in [1.29, 1.82) is 0 Å². The van der Waals surface area contributed by atoms with E-state index in [9.17, 15) is 5.11 Å². The fraction of sp³-hybridized carbons (Fsp3) is 0.538. The highest BCUT2D eigenvalue weighted by molar-refractivity contribution is 5.37. The van der Waals surface area contributed by atoms with E-state index in [1.54, 1.807) is 0 Å². The van der Waals surface area contributed by atoms with Crippen molar-refractivity contribution in [3.63, 3.8) is 0 Å². The molecule has 3 unspecified atom stereocenters. The SMILES string of the molecule is NC1CC(N2CCC(O)C2)c2ccccc21. The fourth-order valence-electron chi connectivity index (χ4n) is 3.04. The first kappa shape index (κ1) is 10.3. The van der Waals surface area contributed by atoms with Crippen LogP contribution in [0.25, 0.3) is 0 Å². The van der Waals surface area contributed by atoms with Crippen LogP contribution in [0, 0.1) is 0 Å². The minimum absolute atomic E-state index is 0.149. The van der Waals surface area contributed by atoms with Gasteiger partial charge in [0.05, 0.1) is 6.10 Å². The van der Waals surface area contributed by atoms with Crippen LogP contribution >= 0.6 is 0 Å². The molecule has 0 spiro atoms. The lowest BCUT2D eigenvalue weighted by atomic mass is 10.1. The van der Waals surface area contributed by atoms with Crippen molar-refractivity contribution in [3.8, 4) is 0 Å². The smallest absolute Gasteiger partial charge is 0.0679 e. The Hall–Kier alpha value is -0.900. The molecule has 1 heterocycles. The maximum atomic E-state index is 9.60. The molecule has 3 N–H and O–H groups in total. The second kappa shape index (κ2) is 3.84. The number of aliphatic hydroxyl groups excluding tert-OH is 1. The molecule has 1 fully saturated rings. The third-order valence-electron chi connectivity index (χ3n) is 3.87. The van der Waals surface area contributed by atoms with Crippen molar-refractivity contribution < 1.29 is 5.11 Å². The van der Waals surface area contributed by atoms with E-state index in [0.717, 1.165) is 25.9 Å².